The fraction of sp³-hybridized carbons (Fsp3) is 0.222. The third-order valence-electron chi connectivity index (χ3n) is 3.48. The number of rotatable bonds is 8. The summed E-state index contributed by atoms with van der Waals surface area (Å²) in [7, 11) is 0. The van der Waals surface area contributed by atoms with E-state index in [0.717, 1.165) is 18.3 Å². The number of benzene rings is 1. The van der Waals surface area contributed by atoms with Crippen LogP contribution in [0.5, 0.6) is 0 Å². The largest absolute Gasteiger partial charge is 0.319 e. The molecule has 1 heterocycles. The number of amides is 1. The molecule has 1 N–H and O–H groups in total. The van der Waals surface area contributed by atoms with Crippen LogP contribution in [0, 0.1) is 0 Å². The average Bonchev–Trinajstić information content (AvgIpc) is 2.81. The van der Waals surface area contributed by atoms with Gasteiger partial charge in [-0.3, -0.25) is 10.1 Å². The molecule has 1 amide bonds. The molecule has 1 atom stereocenters. The average molecular weight is 296 g/mol. The summed E-state index contributed by atoms with van der Waals surface area (Å²) in [6, 6.07) is 7.52. The van der Waals surface area contributed by atoms with Crippen LogP contribution in [0.1, 0.15) is 28.5 Å². The number of hydrogen-bond donors (Lipinski definition) is 1. The third kappa shape index (κ3) is 3.59. The van der Waals surface area contributed by atoms with E-state index in [1.165, 1.54) is 0 Å². The molecular weight excluding hydrogens is 276 g/mol. The number of carbonyl (C=O) groups is 2. The van der Waals surface area contributed by atoms with Gasteiger partial charge in [-0.05, 0) is 12.5 Å². The van der Waals surface area contributed by atoms with Gasteiger partial charge in [-0.1, -0.05) is 55.2 Å². The molecule has 1 aliphatic rings. The Kier molecular flexibility index (Phi) is 5.86. The number of allylic oxidation sites excluding steroid dienone is 4. The Morgan fingerprint density at radius 3 is 2.82 bits per heavy atom. The fourth-order valence-corrected chi connectivity index (χ4v) is 2.51. The molecule has 0 bridgehead atoms. The summed E-state index contributed by atoms with van der Waals surface area (Å²) >= 11 is 0. The molecule has 4 nitrogen and oxygen atoms in total. The summed E-state index contributed by atoms with van der Waals surface area (Å²) < 4.78 is 0. The van der Waals surface area contributed by atoms with Crippen molar-refractivity contribution in [3.8, 4) is 0 Å². The van der Waals surface area contributed by atoms with Crippen molar-refractivity contribution in [2.24, 2.45) is 0 Å². The molecule has 1 aliphatic heterocycles. The van der Waals surface area contributed by atoms with Crippen LogP contribution in [0.2, 0.25) is 0 Å². The van der Waals surface area contributed by atoms with E-state index in [9.17, 15) is 9.59 Å². The third-order valence-corrected chi connectivity index (χ3v) is 3.48. The van der Waals surface area contributed by atoms with Crippen LogP contribution >= 0.6 is 0 Å². The van der Waals surface area contributed by atoms with Crippen molar-refractivity contribution in [2.45, 2.75) is 12.6 Å². The summed E-state index contributed by atoms with van der Waals surface area (Å²) in [5, 5.41) is 3.11. The molecule has 2 rings (SSSR count). The Morgan fingerprint density at radius 2 is 2.05 bits per heavy atom. The van der Waals surface area contributed by atoms with E-state index in [0.29, 0.717) is 12.1 Å². The van der Waals surface area contributed by atoms with E-state index in [1.54, 1.807) is 11.0 Å². The molecule has 22 heavy (non-hydrogen) atoms. The first-order chi connectivity index (χ1) is 10.8. The molecule has 1 aromatic carbocycles. The van der Waals surface area contributed by atoms with Gasteiger partial charge < -0.3 is 9.69 Å². The zero-order valence-corrected chi connectivity index (χ0v) is 12.4. The second-order valence-electron chi connectivity index (χ2n) is 4.90. The topological polar surface area (TPSA) is 49.4 Å². The number of nitrogens with zero attached hydrogens (tertiary/aromatic N) is 1. The number of nitrogens with one attached hydrogen (secondary N) is 1. The highest BCUT2D eigenvalue weighted by molar-refractivity contribution is 5.99. The molecule has 0 spiro atoms. The van der Waals surface area contributed by atoms with Crippen LogP contribution in [-0.2, 0) is 4.79 Å². The molecule has 114 valence electrons. The smallest absolute Gasteiger partial charge is 0.255 e. The van der Waals surface area contributed by atoms with Crippen LogP contribution < -0.4 is 5.32 Å². The van der Waals surface area contributed by atoms with Crippen molar-refractivity contribution in [1.82, 2.24) is 10.2 Å². The fourth-order valence-electron chi connectivity index (χ4n) is 2.51. The van der Waals surface area contributed by atoms with E-state index in [-0.39, 0.29) is 18.6 Å². The highest BCUT2D eigenvalue weighted by Crippen LogP contribution is 2.31. The summed E-state index contributed by atoms with van der Waals surface area (Å²) in [4.78, 5) is 24.9. The van der Waals surface area contributed by atoms with Gasteiger partial charge in [0.1, 0.15) is 12.5 Å². The van der Waals surface area contributed by atoms with Crippen molar-refractivity contribution in [3.05, 3.63) is 72.4 Å². The summed E-state index contributed by atoms with van der Waals surface area (Å²) in [5.74, 6) is 0.00836. The van der Waals surface area contributed by atoms with Crippen molar-refractivity contribution in [3.63, 3.8) is 0 Å². The first kappa shape index (κ1) is 15.9. The van der Waals surface area contributed by atoms with Gasteiger partial charge >= 0.3 is 0 Å². The van der Waals surface area contributed by atoms with Crippen molar-refractivity contribution >= 4 is 12.2 Å². The lowest BCUT2D eigenvalue weighted by Crippen LogP contribution is -2.37. The number of fused-ring (bicyclic) bond motifs is 1. The highest BCUT2D eigenvalue weighted by Gasteiger charge is 2.35. The predicted molar refractivity (Wildman–Crippen MR) is 87.4 cm³/mol. The Balaban J connectivity index is 2.07. The van der Waals surface area contributed by atoms with Gasteiger partial charge in [0.25, 0.3) is 5.91 Å². The second kappa shape index (κ2) is 8.10. The maximum absolute atomic E-state index is 12.5. The zero-order chi connectivity index (χ0) is 15.8. The van der Waals surface area contributed by atoms with Gasteiger partial charge in [0.15, 0.2) is 0 Å². The normalized spacial score (nSPS) is 17.4. The van der Waals surface area contributed by atoms with E-state index in [1.807, 2.05) is 48.6 Å². The zero-order valence-electron chi connectivity index (χ0n) is 12.4. The lowest BCUT2D eigenvalue weighted by molar-refractivity contribution is -0.107. The van der Waals surface area contributed by atoms with E-state index < -0.39 is 0 Å². The monoisotopic (exact) mass is 296 g/mol. The van der Waals surface area contributed by atoms with Gasteiger partial charge in [0.05, 0.1) is 6.54 Å². The molecular formula is C18H20N2O2. The molecule has 0 aromatic heterocycles. The van der Waals surface area contributed by atoms with Crippen LogP contribution in [0.25, 0.3) is 0 Å². The number of carbonyl (C=O) groups excluding carboxylic acids is 2. The Hall–Kier alpha value is -2.46. The van der Waals surface area contributed by atoms with Crippen LogP contribution in [0.3, 0.4) is 0 Å². The number of aldehydes is 1. The van der Waals surface area contributed by atoms with Gasteiger partial charge in [-0.15, -0.1) is 0 Å². The molecule has 4 heteroatoms. The minimum absolute atomic E-state index is 0.00836. The molecule has 0 radical (unpaired) electrons. The Labute approximate surface area is 130 Å². The second-order valence-corrected chi connectivity index (χ2v) is 4.90. The Bertz CT molecular complexity index is 605. The molecule has 0 aliphatic carbocycles. The maximum atomic E-state index is 12.5. The number of hydrogen-bond acceptors (Lipinski definition) is 3. The molecule has 0 saturated heterocycles. The molecule has 0 fully saturated rings. The molecule has 0 saturated carbocycles. The van der Waals surface area contributed by atoms with Gasteiger partial charge in [0.2, 0.25) is 0 Å². The lowest BCUT2D eigenvalue weighted by Gasteiger charge is -2.25. The summed E-state index contributed by atoms with van der Waals surface area (Å²) in [6.07, 6.45) is 10.7. The summed E-state index contributed by atoms with van der Waals surface area (Å²) in [5.41, 5.74) is 1.64. The van der Waals surface area contributed by atoms with Crippen molar-refractivity contribution < 1.29 is 9.59 Å². The molecule has 1 unspecified atom stereocenters. The van der Waals surface area contributed by atoms with Gasteiger partial charge in [-0.25, -0.2) is 0 Å². The van der Waals surface area contributed by atoms with Crippen molar-refractivity contribution in [1.29, 1.82) is 0 Å². The predicted octanol–water partition coefficient (Wildman–Crippen LogP) is 2.62. The summed E-state index contributed by atoms with van der Waals surface area (Å²) in [6.45, 7) is 4.43. The first-order valence-electron chi connectivity index (χ1n) is 7.30. The molecule has 1 aromatic rings. The van der Waals surface area contributed by atoms with E-state index >= 15 is 0 Å². The minimum Gasteiger partial charge on any atom is -0.319 e. The van der Waals surface area contributed by atoms with Crippen molar-refractivity contribution in [2.75, 3.05) is 13.1 Å². The van der Waals surface area contributed by atoms with Gasteiger partial charge in [-0.2, -0.15) is 0 Å². The van der Waals surface area contributed by atoms with E-state index in [4.69, 9.17) is 0 Å². The van der Waals surface area contributed by atoms with Crippen LogP contribution in [0.15, 0.2) is 61.2 Å². The quantitative estimate of drug-likeness (QED) is 0.592. The van der Waals surface area contributed by atoms with Gasteiger partial charge in [0, 0.05) is 17.7 Å². The lowest BCUT2D eigenvalue weighted by atomic mass is 10.1. The SMILES string of the molecule is C=C/C=C\C=C/CCN1C(=O)c2ccccc2C1NCC=O. The Morgan fingerprint density at radius 1 is 1.23 bits per heavy atom. The maximum Gasteiger partial charge on any atom is 0.255 e. The van der Waals surface area contributed by atoms with Crippen LogP contribution in [0.4, 0.5) is 0 Å². The minimum atomic E-state index is -0.231. The van der Waals surface area contributed by atoms with Crippen LogP contribution in [-0.4, -0.2) is 30.2 Å². The van der Waals surface area contributed by atoms with E-state index in [2.05, 4.69) is 11.9 Å². The first-order valence-corrected chi connectivity index (χ1v) is 7.30. The standard InChI is InChI=1S/C18H20N2O2/c1-2-3-4-5-6-9-13-20-17(19-12-14-21)15-10-7-8-11-16(15)18(20)22/h2-8,10-11,14,17,19H,1,9,12-13H2/b4-3-,6-5-. The highest BCUT2D eigenvalue weighted by atomic mass is 16.2.